The van der Waals surface area contributed by atoms with Crippen molar-refractivity contribution >= 4 is 17.9 Å². The molecular weight excluding hydrogens is 206 g/mol. The van der Waals surface area contributed by atoms with Gasteiger partial charge in [-0.25, -0.2) is 4.99 Å². The smallest absolute Gasteiger partial charge is 0.199 e. The van der Waals surface area contributed by atoms with Gasteiger partial charge in [-0.3, -0.25) is 4.72 Å². The summed E-state index contributed by atoms with van der Waals surface area (Å²) in [5, 5.41) is 0. The van der Waals surface area contributed by atoms with Gasteiger partial charge in [-0.05, 0) is 44.9 Å². The highest BCUT2D eigenvalue weighted by atomic mass is 32.2. The molecule has 0 atom stereocenters. The van der Waals surface area contributed by atoms with Crippen molar-refractivity contribution in [2.45, 2.75) is 31.7 Å². The Bertz CT molecular complexity index is 330. The van der Waals surface area contributed by atoms with Crippen LogP contribution in [0.3, 0.4) is 0 Å². The average Bonchev–Trinajstić information content (AvgIpc) is 2.16. The molecule has 0 amide bonds. The van der Waals surface area contributed by atoms with Crippen LogP contribution in [0.5, 0.6) is 0 Å². The summed E-state index contributed by atoms with van der Waals surface area (Å²) >= 11 is 1.47. The van der Waals surface area contributed by atoms with E-state index in [0.29, 0.717) is 5.96 Å². The van der Waals surface area contributed by atoms with Crippen LogP contribution >= 0.6 is 11.9 Å². The normalized spacial score (nSPS) is 11.9. The Labute approximate surface area is 95.3 Å². The summed E-state index contributed by atoms with van der Waals surface area (Å²) in [5.41, 5.74) is 6.92. The number of nitrogens with zero attached hydrogens (tertiary/aromatic N) is 1. The molecule has 82 valence electrons. The van der Waals surface area contributed by atoms with Gasteiger partial charge in [0.05, 0.1) is 0 Å². The van der Waals surface area contributed by atoms with E-state index in [1.165, 1.54) is 17.5 Å². The average molecular weight is 223 g/mol. The van der Waals surface area contributed by atoms with Crippen LogP contribution in [0.15, 0.2) is 34.2 Å². The fourth-order valence-electron chi connectivity index (χ4n) is 1.02. The second-order valence-electron chi connectivity index (χ2n) is 3.63. The first kappa shape index (κ1) is 11.9. The molecule has 0 aliphatic carbocycles. The van der Waals surface area contributed by atoms with Crippen LogP contribution in [0.1, 0.15) is 19.4 Å². The molecule has 3 nitrogen and oxygen atoms in total. The van der Waals surface area contributed by atoms with Crippen LogP contribution in [0.4, 0.5) is 0 Å². The molecule has 15 heavy (non-hydrogen) atoms. The first-order valence-electron chi connectivity index (χ1n) is 4.90. The van der Waals surface area contributed by atoms with E-state index in [1.54, 1.807) is 0 Å². The number of nitrogens with one attached hydrogen (secondary N) is 1. The highest BCUT2D eigenvalue weighted by molar-refractivity contribution is 7.98. The number of benzene rings is 1. The van der Waals surface area contributed by atoms with E-state index in [1.807, 2.05) is 13.8 Å². The Morgan fingerprint density at radius 2 is 1.93 bits per heavy atom. The van der Waals surface area contributed by atoms with E-state index >= 15 is 0 Å². The van der Waals surface area contributed by atoms with Crippen LogP contribution in [-0.2, 0) is 0 Å². The minimum atomic E-state index is 0.219. The van der Waals surface area contributed by atoms with Crippen molar-refractivity contribution in [2.75, 3.05) is 0 Å². The summed E-state index contributed by atoms with van der Waals surface area (Å²) in [6, 6.07) is 8.46. The Kier molecular flexibility index (Phi) is 4.49. The molecule has 0 unspecified atom stereocenters. The van der Waals surface area contributed by atoms with Gasteiger partial charge in [0.15, 0.2) is 5.96 Å². The zero-order valence-corrected chi connectivity index (χ0v) is 10.1. The topological polar surface area (TPSA) is 50.4 Å². The van der Waals surface area contributed by atoms with Crippen molar-refractivity contribution in [2.24, 2.45) is 10.7 Å². The number of hydrogen-bond donors (Lipinski definition) is 2. The number of nitrogens with two attached hydrogens (primary N) is 1. The molecule has 0 heterocycles. The summed E-state index contributed by atoms with van der Waals surface area (Å²) in [4.78, 5) is 5.30. The molecule has 0 saturated carbocycles. The van der Waals surface area contributed by atoms with Crippen molar-refractivity contribution in [1.82, 2.24) is 4.72 Å². The third-order valence-electron chi connectivity index (χ3n) is 1.69. The van der Waals surface area contributed by atoms with E-state index in [2.05, 4.69) is 40.9 Å². The molecule has 0 fully saturated rings. The fourth-order valence-corrected chi connectivity index (χ4v) is 1.57. The number of aryl methyl sites for hydroxylation is 1. The minimum absolute atomic E-state index is 0.219. The summed E-state index contributed by atoms with van der Waals surface area (Å²) in [7, 11) is 0. The second-order valence-corrected chi connectivity index (χ2v) is 4.50. The van der Waals surface area contributed by atoms with Gasteiger partial charge < -0.3 is 5.73 Å². The van der Waals surface area contributed by atoms with Gasteiger partial charge in [0.25, 0.3) is 0 Å². The summed E-state index contributed by atoms with van der Waals surface area (Å²) in [6.07, 6.45) is 0. The van der Waals surface area contributed by atoms with Crippen LogP contribution in [0.25, 0.3) is 0 Å². The van der Waals surface area contributed by atoms with Crippen molar-refractivity contribution < 1.29 is 0 Å². The Balaban J connectivity index is 2.47. The zero-order valence-electron chi connectivity index (χ0n) is 9.32. The van der Waals surface area contributed by atoms with Gasteiger partial charge >= 0.3 is 0 Å². The minimum Gasteiger partial charge on any atom is -0.369 e. The molecule has 0 spiro atoms. The SMILES string of the molecule is Cc1ccc(SNC(N)=NC(C)C)cc1. The van der Waals surface area contributed by atoms with Crippen LogP contribution in [0, 0.1) is 6.92 Å². The molecule has 1 rings (SSSR count). The lowest BCUT2D eigenvalue weighted by atomic mass is 10.2. The molecule has 0 aliphatic heterocycles. The summed E-state index contributed by atoms with van der Waals surface area (Å²) in [6.45, 7) is 6.05. The molecule has 0 bridgehead atoms. The molecule has 0 aliphatic rings. The van der Waals surface area contributed by atoms with E-state index in [4.69, 9.17) is 5.73 Å². The van der Waals surface area contributed by atoms with Gasteiger partial charge in [-0.2, -0.15) is 0 Å². The Hall–Kier alpha value is -1.16. The van der Waals surface area contributed by atoms with Crippen molar-refractivity contribution in [3.8, 4) is 0 Å². The maximum atomic E-state index is 5.67. The highest BCUT2D eigenvalue weighted by Gasteiger charge is 1.96. The third kappa shape index (κ3) is 4.74. The van der Waals surface area contributed by atoms with Crippen molar-refractivity contribution in [3.63, 3.8) is 0 Å². The lowest BCUT2D eigenvalue weighted by molar-refractivity contribution is 0.829. The quantitative estimate of drug-likeness (QED) is 0.470. The second kappa shape index (κ2) is 5.66. The fraction of sp³-hybridized carbons (Fsp3) is 0.364. The lowest BCUT2D eigenvalue weighted by Crippen LogP contribution is -2.27. The standard InChI is InChI=1S/C11H17N3S/c1-8(2)13-11(12)14-15-10-6-4-9(3)5-7-10/h4-8H,1-3H3,(H3,12,13,14). The van der Waals surface area contributed by atoms with Crippen molar-refractivity contribution in [1.29, 1.82) is 0 Å². The number of hydrogen-bond acceptors (Lipinski definition) is 2. The molecule has 0 aromatic heterocycles. The maximum absolute atomic E-state index is 5.67. The van der Waals surface area contributed by atoms with Crippen LogP contribution < -0.4 is 10.5 Å². The van der Waals surface area contributed by atoms with Crippen LogP contribution in [0.2, 0.25) is 0 Å². The number of aliphatic imine (C=N–C) groups is 1. The highest BCUT2D eigenvalue weighted by Crippen LogP contribution is 2.14. The van der Waals surface area contributed by atoms with Gasteiger partial charge in [0.1, 0.15) is 0 Å². The predicted molar refractivity (Wildman–Crippen MR) is 66.9 cm³/mol. The first-order valence-corrected chi connectivity index (χ1v) is 5.72. The third-order valence-corrected chi connectivity index (χ3v) is 2.51. The molecule has 0 saturated heterocycles. The molecule has 4 heteroatoms. The molecule has 1 aromatic carbocycles. The molecule has 0 radical (unpaired) electrons. The summed E-state index contributed by atoms with van der Waals surface area (Å²) in [5.74, 6) is 0.468. The van der Waals surface area contributed by atoms with Crippen molar-refractivity contribution in [3.05, 3.63) is 29.8 Å². The molecule has 1 aromatic rings. The van der Waals surface area contributed by atoms with E-state index in [-0.39, 0.29) is 6.04 Å². The monoisotopic (exact) mass is 223 g/mol. The van der Waals surface area contributed by atoms with Gasteiger partial charge in [0, 0.05) is 10.9 Å². The number of rotatable bonds is 3. The van der Waals surface area contributed by atoms with Gasteiger partial charge in [-0.1, -0.05) is 17.7 Å². The van der Waals surface area contributed by atoms with E-state index in [9.17, 15) is 0 Å². The van der Waals surface area contributed by atoms with Gasteiger partial charge in [0.2, 0.25) is 0 Å². The predicted octanol–water partition coefficient (Wildman–Crippen LogP) is 2.31. The first-order chi connectivity index (χ1) is 7.08. The van der Waals surface area contributed by atoms with E-state index < -0.39 is 0 Å². The van der Waals surface area contributed by atoms with E-state index in [0.717, 1.165) is 4.90 Å². The Morgan fingerprint density at radius 3 is 2.47 bits per heavy atom. The zero-order chi connectivity index (χ0) is 11.3. The number of guanidine groups is 1. The van der Waals surface area contributed by atoms with Gasteiger partial charge in [-0.15, -0.1) is 0 Å². The lowest BCUT2D eigenvalue weighted by Gasteiger charge is -2.05. The van der Waals surface area contributed by atoms with Crippen LogP contribution in [-0.4, -0.2) is 12.0 Å². The Morgan fingerprint density at radius 1 is 1.33 bits per heavy atom. The maximum Gasteiger partial charge on any atom is 0.199 e. The largest absolute Gasteiger partial charge is 0.369 e. The molecule has 3 N–H and O–H groups in total. The molecular formula is C11H17N3S. The summed E-state index contributed by atoms with van der Waals surface area (Å²) < 4.78 is 2.99.